The number of alkyl halides is 3. The van der Waals surface area contributed by atoms with Crippen LogP contribution in [-0.4, -0.2) is 114 Å². The van der Waals surface area contributed by atoms with Crippen LogP contribution in [0.2, 0.25) is 0 Å². The Morgan fingerprint density at radius 2 is 1.77 bits per heavy atom. The zero-order valence-corrected chi connectivity index (χ0v) is 25.6. The molecule has 3 saturated heterocycles. The average molecular weight is 615 g/mol. The molecule has 2 atom stereocenters. The lowest BCUT2D eigenvalue weighted by atomic mass is 9.88. The number of anilines is 2. The molecule has 10 nitrogen and oxygen atoms in total. The fourth-order valence-electron chi connectivity index (χ4n) is 7.64. The zero-order valence-electron chi connectivity index (χ0n) is 25.6. The number of likely N-dealkylation sites (N-methyl/N-ethyl adjacent to an activating group) is 1. The molecule has 3 fully saturated rings. The van der Waals surface area contributed by atoms with Crippen LogP contribution in [0.3, 0.4) is 0 Å². The molecular weight excluding hydrogens is 573 g/mol. The van der Waals surface area contributed by atoms with Gasteiger partial charge in [-0.05, 0) is 37.0 Å². The molecule has 44 heavy (non-hydrogen) atoms. The fraction of sp³-hybridized carbons (Fsp3) is 0.645. The summed E-state index contributed by atoms with van der Waals surface area (Å²) in [5.74, 6) is 0.826. The minimum Gasteiger partial charge on any atom is -0.378 e. The average Bonchev–Trinajstić information content (AvgIpc) is 3.59. The Kier molecular flexibility index (Phi) is 7.51. The summed E-state index contributed by atoms with van der Waals surface area (Å²) in [4.78, 5) is 21.3. The van der Waals surface area contributed by atoms with Gasteiger partial charge >= 0.3 is 6.18 Å². The van der Waals surface area contributed by atoms with Crippen molar-refractivity contribution in [3.05, 3.63) is 30.1 Å². The minimum absolute atomic E-state index is 0.0686. The summed E-state index contributed by atoms with van der Waals surface area (Å²) in [6, 6.07) is 3.83. The summed E-state index contributed by atoms with van der Waals surface area (Å²) in [5, 5.41) is 11.7. The van der Waals surface area contributed by atoms with Crippen LogP contribution < -0.4 is 9.80 Å². The first-order chi connectivity index (χ1) is 21.1. The second kappa shape index (κ2) is 11.2. The first-order valence-corrected chi connectivity index (χ1v) is 15.8. The minimum atomic E-state index is -4.55. The smallest absolute Gasteiger partial charge is 0.378 e. The SMILES string of the molecule is CCC(=O)N1CCC2C(C1)C(N1CCN(C)c3cc(-c4cnn(C)c4)c(C(F)(F)F)cc31)=NN2C1CCN(C2COC2)CC1. The molecule has 0 aliphatic carbocycles. The summed E-state index contributed by atoms with van der Waals surface area (Å²) < 4.78 is 50.8. The number of benzene rings is 1. The maximum atomic E-state index is 14.6. The van der Waals surface area contributed by atoms with Crippen LogP contribution in [0.4, 0.5) is 24.5 Å². The molecule has 1 aromatic heterocycles. The number of piperidine rings is 2. The van der Waals surface area contributed by atoms with Gasteiger partial charge in [-0.3, -0.25) is 19.4 Å². The predicted molar refractivity (Wildman–Crippen MR) is 162 cm³/mol. The number of ether oxygens (including phenoxy) is 1. The van der Waals surface area contributed by atoms with E-state index in [1.807, 2.05) is 28.7 Å². The molecule has 1 aromatic carbocycles. The molecule has 0 N–H and O–H groups in total. The molecule has 6 heterocycles. The van der Waals surface area contributed by atoms with Crippen LogP contribution in [0.15, 0.2) is 29.6 Å². The van der Waals surface area contributed by atoms with Gasteiger partial charge in [-0.15, -0.1) is 0 Å². The number of rotatable bonds is 4. The lowest BCUT2D eigenvalue weighted by Gasteiger charge is -2.45. The Morgan fingerprint density at radius 1 is 1.00 bits per heavy atom. The highest BCUT2D eigenvalue weighted by molar-refractivity contribution is 6.05. The molecular formula is C31H41F3N8O2. The number of halogens is 3. The maximum absolute atomic E-state index is 14.6. The van der Waals surface area contributed by atoms with Crippen LogP contribution in [0.25, 0.3) is 11.1 Å². The van der Waals surface area contributed by atoms with E-state index < -0.39 is 11.7 Å². The second-order valence-corrected chi connectivity index (χ2v) is 12.8. The number of amidine groups is 1. The first-order valence-electron chi connectivity index (χ1n) is 15.8. The number of carbonyl (C=O) groups excluding carboxylic acids is 1. The van der Waals surface area contributed by atoms with Gasteiger partial charge in [-0.1, -0.05) is 6.92 Å². The van der Waals surface area contributed by atoms with Gasteiger partial charge in [0.25, 0.3) is 0 Å². The number of hydrogen-bond acceptors (Lipinski definition) is 8. The zero-order chi connectivity index (χ0) is 30.7. The van der Waals surface area contributed by atoms with Crippen LogP contribution in [-0.2, 0) is 22.8 Å². The molecule has 0 saturated carbocycles. The fourth-order valence-corrected chi connectivity index (χ4v) is 7.64. The topological polar surface area (TPSA) is 72.7 Å². The summed E-state index contributed by atoms with van der Waals surface area (Å²) in [6.45, 7) is 7.82. The molecule has 1 amide bonds. The van der Waals surface area contributed by atoms with E-state index in [2.05, 4.69) is 15.0 Å². The number of hydrogen-bond donors (Lipinski definition) is 0. The highest BCUT2D eigenvalue weighted by Crippen LogP contribution is 2.46. The van der Waals surface area contributed by atoms with Crippen LogP contribution >= 0.6 is 0 Å². The third-order valence-corrected chi connectivity index (χ3v) is 10.2. The van der Waals surface area contributed by atoms with Gasteiger partial charge in [0.15, 0.2) is 0 Å². The Balaban J connectivity index is 1.26. The van der Waals surface area contributed by atoms with E-state index in [1.54, 1.807) is 19.3 Å². The molecule has 5 aliphatic rings. The van der Waals surface area contributed by atoms with Crippen molar-refractivity contribution in [3.8, 4) is 11.1 Å². The lowest BCUT2D eigenvalue weighted by molar-refractivity contribution is -0.137. The van der Waals surface area contributed by atoms with Crippen LogP contribution in [0.1, 0.15) is 38.2 Å². The summed E-state index contributed by atoms with van der Waals surface area (Å²) in [5.41, 5.74) is 1.10. The summed E-state index contributed by atoms with van der Waals surface area (Å²) in [6.07, 6.45) is 1.75. The number of nitrogens with zero attached hydrogens (tertiary/aromatic N) is 8. The van der Waals surface area contributed by atoms with Crippen molar-refractivity contribution in [2.75, 3.05) is 69.3 Å². The molecule has 7 rings (SSSR count). The monoisotopic (exact) mass is 614 g/mol. The summed E-state index contributed by atoms with van der Waals surface area (Å²) in [7, 11) is 3.62. The summed E-state index contributed by atoms with van der Waals surface area (Å²) >= 11 is 0. The lowest BCUT2D eigenvalue weighted by Crippen LogP contribution is -2.57. The van der Waals surface area contributed by atoms with E-state index >= 15 is 0 Å². The molecule has 0 bridgehead atoms. The van der Waals surface area contributed by atoms with E-state index in [1.165, 1.54) is 16.9 Å². The van der Waals surface area contributed by atoms with Crippen molar-refractivity contribution < 1.29 is 22.7 Å². The second-order valence-electron chi connectivity index (χ2n) is 12.8. The molecule has 0 spiro atoms. The van der Waals surface area contributed by atoms with E-state index in [0.717, 1.165) is 57.1 Å². The van der Waals surface area contributed by atoms with Gasteiger partial charge in [0.05, 0.1) is 54.4 Å². The van der Waals surface area contributed by atoms with Crippen molar-refractivity contribution in [2.45, 2.75) is 56.9 Å². The molecule has 238 valence electrons. The number of aromatic nitrogens is 2. The van der Waals surface area contributed by atoms with Crippen molar-refractivity contribution in [3.63, 3.8) is 0 Å². The highest BCUT2D eigenvalue weighted by Gasteiger charge is 2.48. The highest BCUT2D eigenvalue weighted by atomic mass is 19.4. The Bertz CT molecular complexity index is 1430. The van der Waals surface area contributed by atoms with E-state index in [9.17, 15) is 18.0 Å². The molecule has 0 radical (unpaired) electrons. The van der Waals surface area contributed by atoms with Gasteiger partial charge in [-0.2, -0.15) is 23.4 Å². The normalized spacial score (nSPS) is 25.2. The van der Waals surface area contributed by atoms with Crippen molar-refractivity contribution in [2.24, 2.45) is 18.1 Å². The molecule has 13 heteroatoms. The molecule has 5 aliphatic heterocycles. The number of hydrazone groups is 1. The van der Waals surface area contributed by atoms with E-state index in [0.29, 0.717) is 49.9 Å². The van der Waals surface area contributed by atoms with Crippen LogP contribution in [0, 0.1) is 5.92 Å². The number of fused-ring (bicyclic) bond motifs is 2. The molecule has 2 aromatic rings. The predicted octanol–water partition coefficient (Wildman–Crippen LogP) is 3.48. The van der Waals surface area contributed by atoms with Crippen molar-refractivity contribution in [1.29, 1.82) is 0 Å². The maximum Gasteiger partial charge on any atom is 0.417 e. The van der Waals surface area contributed by atoms with Gasteiger partial charge in [0.1, 0.15) is 5.84 Å². The van der Waals surface area contributed by atoms with E-state index in [-0.39, 0.29) is 29.5 Å². The van der Waals surface area contributed by atoms with E-state index in [4.69, 9.17) is 9.84 Å². The van der Waals surface area contributed by atoms with Gasteiger partial charge in [0, 0.05) is 77.6 Å². The quantitative estimate of drug-likeness (QED) is 0.523. The number of carbonyl (C=O) groups is 1. The standard InChI is InChI=1S/C31H41F3N8O2/c1-4-29(43)40-10-7-26-24(17-40)30(36-42(26)21-5-8-39(9-6-21)22-18-44-19-22)41-12-11-37(2)27-13-23(20-15-35-38(3)16-20)25(14-28(27)41)31(32,33)34/h13-16,21-22,24,26H,4-12,17-19H2,1-3H3. The van der Waals surface area contributed by atoms with Gasteiger partial charge in [-0.25, -0.2) is 0 Å². The largest absolute Gasteiger partial charge is 0.417 e. The van der Waals surface area contributed by atoms with Crippen molar-refractivity contribution >= 4 is 23.1 Å². The van der Waals surface area contributed by atoms with Crippen LogP contribution in [0.5, 0.6) is 0 Å². The van der Waals surface area contributed by atoms with Gasteiger partial charge in [0.2, 0.25) is 5.91 Å². The Hall–Kier alpha value is -3.32. The van der Waals surface area contributed by atoms with Crippen molar-refractivity contribution in [1.82, 2.24) is 24.6 Å². The first kappa shape index (κ1) is 29.4. The molecule has 2 unspecified atom stereocenters. The van der Waals surface area contributed by atoms with Gasteiger partial charge < -0.3 is 19.4 Å². The number of aryl methyl sites for hydroxylation is 1. The third-order valence-electron chi connectivity index (χ3n) is 10.2. The third kappa shape index (κ3) is 5.11. The number of amides is 1. The Labute approximate surface area is 256 Å². The Morgan fingerprint density at radius 3 is 2.41 bits per heavy atom. The number of likely N-dealkylation sites (tertiary alicyclic amines) is 2.